The first kappa shape index (κ1) is 20.1. The van der Waals surface area contributed by atoms with Gasteiger partial charge in [-0.2, -0.15) is 0 Å². The molecule has 1 aromatic carbocycles. The normalized spacial score (nSPS) is 14.4. The van der Waals surface area contributed by atoms with Crippen molar-refractivity contribution in [3.05, 3.63) is 34.8 Å². The van der Waals surface area contributed by atoms with Gasteiger partial charge in [-0.3, -0.25) is 10.1 Å². The van der Waals surface area contributed by atoms with Gasteiger partial charge in [-0.15, -0.1) is 0 Å². The summed E-state index contributed by atoms with van der Waals surface area (Å²) < 4.78 is 5.22. The lowest BCUT2D eigenvalue weighted by Gasteiger charge is -2.21. The molecule has 3 N–H and O–H groups in total. The Balaban J connectivity index is 1.56. The van der Waals surface area contributed by atoms with Crippen LogP contribution in [0.2, 0.25) is 0 Å². The van der Waals surface area contributed by atoms with Crippen LogP contribution in [0.3, 0.4) is 0 Å². The SMILES string of the molecule is COc1ccccc1NC(=O)Nc1nc(C)c(C(=O)NCC2CCCCC2)s1. The van der Waals surface area contributed by atoms with E-state index in [2.05, 4.69) is 20.9 Å². The van der Waals surface area contributed by atoms with Crippen LogP contribution < -0.4 is 20.7 Å². The number of carbonyl (C=O) groups excluding carboxylic acids is 2. The Morgan fingerprint density at radius 1 is 1.18 bits per heavy atom. The molecule has 1 fully saturated rings. The molecule has 1 aliphatic rings. The summed E-state index contributed by atoms with van der Waals surface area (Å²) in [6, 6.07) is 6.70. The van der Waals surface area contributed by atoms with Crippen molar-refractivity contribution >= 4 is 34.1 Å². The maximum Gasteiger partial charge on any atom is 0.325 e. The number of hydrogen-bond donors (Lipinski definition) is 3. The quantitative estimate of drug-likeness (QED) is 0.667. The molecule has 1 heterocycles. The van der Waals surface area contributed by atoms with Gasteiger partial charge in [0.2, 0.25) is 0 Å². The van der Waals surface area contributed by atoms with E-state index in [-0.39, 0.29) is 5.91 Å². The minimum absolute atomic E-state index is 0.126. The van der Waals surface area contributed by atoms with Crippen molar-refractivity contribution in [3.8, 4) is 5.75 Å². The Morgan fingerprint density at radius 3 is 2.68 bits per heavy atom. The Morgan fingerprint density at radius 2 is 1.93 bits per heavy atom. The molecule has 0 aliphatic heterocycles. The fourth-order valence-corrected chi connectivity index (χ4v) is 4.25. The molecule has 0 spiro atoms. The number of aryl methyl sites for hydroxylation is 1. The van der Waals surface area contributed by atoms with E-state index in [4.69, 9.17) is 4.74 Å². The van der Waals surface area contributed by atoms with Crippen molar-refractivity contribution in [1.29, 1.82) is 0 Å². The Kier molecular flexibility index (Phi) is 6.86. The molecule has 2 aromatic rings. The number of benzene rings is 1. The third-order valence-electron chi connectivity index (χ3n) is 4.85. The number of carbonyl (C=O) groups is 2. The lowest BCUT2D eigenvalue weighted by molar-refractivity contribution is 0.0947. The highest BCUT2D eigenvalue weighted by Gasteiger charge is 2.19. The summed E-state index contributed by atoms with van der Waals surface area (Å²) in [6.07, 6.45) is 6.14. The Labute approximate surface area is 168 Å². The number of nitrogens with one attached hydrogen (secondary N) is 3. The van der Waals surface area contributed by atoms with Crippen LogP contribution in [0, 0.1) is 12.8 Å². The summed E-state index contributed by atoms with van der Waals surface area (Å²) >= 11 is 1.18. The second-order valence-electron chi connectivity index (χ2n) is 6.93. The van der Waals surface area contributed by atoms with Gasteiger partial charge in [-0.1, -0.05) is 42.7 Å². The van der Waals surface area contributed by atoms with Crippen LogP contribution in [0.1, 0.15) is 47.5 Å². The van der Waals surface area contributed by atoms with Crippen molar-refractivity contribution < 1.29 is 14.3 Å². The first-order valence-corrected chi connectivity index (χ1v) is 10.3. The monoisotopic (exact) mass is 402 g/mol. The van der Waals surface area contributed by atoms with Gasteiger partial charge in [-0.25, -0.2) is 9.78 Å². The van der Waals surface area contributed by atoms with E-state index in [1.165, 1.54) is 43.4 Å². The average Bonchev–Trinajstić information content (AvgIpc) is 3.07. The summed E-state index contributed by atoms with van der Waals surface area (Å²) in [6.45, 7) is 2.47. The van der Waals surface area contributed by atoms with Crippen LogP contribution in [-0.2, 0) is 0 Å². The topological polar surface area (TPSA) is 92.3 Å². The largest absolute Gasteiger partial charge is 0.495 e. The highest BCUT2D eigenvalue weighted by molar-refractivity contribution is 7.17. The van der Waals surface area contributed by atoms with Crippen molar-refractivity contribution in [3.63, 3.8) is 0 Å². The number of anilines is 2. The van der Waals surface area contributed by atoms with Gasteiger partial charge in [-0.05, 0) is 37.8 Å². The molecule has 1 aromatic heterocycles. The van der Waals surface area contributed by atoms with Crippen LogP contribution in [0.4, 0.5) is 15.6 Å². The van der Waals surface area contributed by atoms with E-state index in [0.29, 0.717) is 39.6 Å². The number of amides is 3. The predicted molar refractivity (Wildman–Crippen MR) is 111 cm³/mol. The molecule has 1 aliphatic carbocycles. The van der Waals surface area contributed by atoms with Crippen molar-refractivity contribution in [2.45, 2.75) is 39.0 Å². The van der Waals surface area contributed by atoms with Gasteiger partial charge >= 0.3 is 6.03 Å². The molecule has 0 radical (unpaired) electrons. The average molecular weight is 403 g/mol. The van der Waals surface area contributed by atoms with E-state index < -0.39 is 6.03 Å². The lowest BCUT2D eigenvalue weighted by Crippen LogP contribution is -2.30. The number of hydrogen-bond acceptors (Lipinski definition) is 5. The zero-order valence-electron chi connectivity index (χ0n) is 16.2. The molecular weight excluding hydrogens is 376 g/mol. The lowest BCUT2D eigenvalue weighted by atomic mass is 9.89. The minimum Gasteiger partial charge on any atom is -0.495 e. The van der Waals surface area contributed by atoms with Gasteiger partial charge in [0.25, 0.3) is 5.91 Å². The second-order valence-corrected chi connectivity index (χ2v) is 7.93. The number of nitrogens with zero attached hydrogens (tertiary/aromatic N) is 1. The number of methoxy groups -OCH3 is 1. The molecule has 1 saturated carbocycles. The highest BCUT2D eigenvalue weighted by atomic mass is 32.1. The van der Waals surface area contributed by atoms with E-state index in [1.807, 2.05) is 6.07 Å². The highest BCUT2D eigenvalue weighted by Crippen LogP contribution is 2.26. The Hall–Kier alpha value is -2.61. The van der Waals surface area contributed by atoms with Crippen LogP contribution in [-0.4, -0.2) is 30.6 Å². The molecule has 8 heteroatoms. The minimum atomic E-state index is -0.438. The molecule has 0 atom stereocenters. The fourth-order valence-electron chi connectivity index (χ4n) is 3.37. The smallest absolute Gasteiger partial charge is 0.325 e. The molecule has 3 amide bonds. The number of thiazole rings is 1. The van der Waals surface area contributed by atoms with E-state index in [1.54, 1.807) is 32.2 Å². The first-order valence-electron chi connectivity index (χ1n) is 9.53. The summed E-state index contributed by atoms with van der Waals surface area (Å²) in [7, 11) is 1.54. The van der Waals surface area contributed by atoms with Crippen LogP contribution in [0.5, 0.6) is 5.75 Å². The molecule has 28 heavy (non-hydrogen) atoms. The molecular formula is C20H26N4O3S. The van der Waals surface area contributed by atoms with Gasteiger partial charge < -0.3 is 15.4 Å². The Bertz CT molecular complexity index is 831. The maximum atomic E-state index is 12.5. The number of rotatable bonds is 6. The summed E-state index contributed by atoms with van der Waals surface area (Å²) in [5.41, 5.74) is 1.17. The van der Waals surface area contributed by atoms with Gasteiger partial charge in [0.05, 0.1) is 18.5 Å². The number of urea groups is 1. The molecule has 7 nitrogen and oxygen atoms in total. The third kappa shape index (κ3) is 5.22. The second kappa shape index (κ2) is 9.54. The van der Waals surface area contributed by atoms with Crippen molar-refractivity contribution in [2.75, 3.05) is 24.3 Å². The summed E-state index contributed by atoms with van der Waals surface area (Å²) in [5, 5.41) is 8.81. The first-order chi connectivity index (χ1) is 13.6. The van der Waals surface area contributed by atoms with Crippen LogP contribution in [0.15, 0.2) is 24.3 Å². The van der Waals surface area contributed by atoms with Crippen molar-refractivity contribution in [1.82, 2.24) is 10.3 Å². The number of aromatic nitrogens is 1. The summed E-state index contributed by atoms with van der Waals surface area (Å²) in [4.78, 5) is 29.6. The third-order valence-corrected chi connectivity index (χ3v) is 5.93. The van der Waals surface area contributed by atoms with Crippen LogP contribution in [0.25, 0.3) is 0 Å². The van der Waals surface area contributed by atoms with Gasteiger partial charge in [0.1, 0.15) is 10.6 Å². The van der Waals surface area contributed by atoms with Crippen LogP contribution >= 0.6 is 11.3 Å². The molecule has 0 unspecified atom stereocenters. The van der Waals surface area contributed by atoms with E-state index in [0.717, 1.165) is 0 Å². The molecule has 150 valence electrons. The van der Waals surface area contributed by atoms with Gasteiger partial charge in [0.15, 0.2) is 5.13 Å². The number of ether oxygens (including phenoxy) is 1. The zero-order valence-corrected chi connectivity index (χ0v) is 17.0. The zero-order chi connectivity index (χ0) is 19.9. The van der Waals surface area contributed by atoms with Crippen molar-refractivity contribution in [2.24, 2.45) is 5.92 Å². The maximum absolute atomic E-state index is 12.5. The van der Waals surface area contributed by atoms with Gasteiger partial charge in [0, 0.05) is 6.54 Å². The fraction of sp³-hybridized carbons (Fsp3) is 0.450. The number of para-hydroxylation sites is 2. The molecule has 0 bridgehead atoms. The summed E-state index contributed by atoms with van der Waals surface area (Å²) in [5.74, 6) is 1.00. The molecule has 3 rings (SSSR count). The van der Waals surface area contributed by atoms with E-state index >= 15 is 0 Å². The molecule has 0 saturated heterocycles. The predicted octanol–water partition coefficient (Wildman–Crippen LogP) is 4.41. The standard InChI is InChI=1S/C20H26N4O3S/c1-13-17(18(25)21-12-14-8-4-3-5-9-14)28-20(22-13)24-19(26)23-15-10-6-7-11-16(15)27-2/h6-7,10-11,14H,3-5,8-9,12H2,1-2H3,(H,21,25)(H2,22,23,24,26). The van der Waals surface area contributed by atoms with E-state index in [9.17, 15) is 9.59 Å².